The number of nitrogens with zero attached hydrogens (tertiary/aromatic N) is 2. The minimum atomic E-state index is -3.49. The second-order valence-electron chi connectivity index (χ2n) is 7.16. The van der Waals surface area contributed by atoms with Crippen molar-refractivity contribution in [3.63, 3.8) is 0 Å². The topological polar surface area (TPSA) is 77.9 Å². The molecule has 26 heavy (non-hydrogen) atoms. The molecule has 6 nitrogen and oxygen atoms in total. The lowest BCUT2D eigenvalue weighted by molar-refractivity contribution is -0.167. The van der Waals surface area contributed by atoms with E-state index >= 15 is 0 Å². The number of likely N-dealkylation sites (tertiary alicyclic amines) is 1. The molecule has 3 rings (SSSR count). The van der Waals surface area contributed by atoms with Gasteiger partial charge < -0.3 is 10.0 Å². The lowest BCUT2D eigenvalue weighted by atomic mass is 9.62. The Bertz CT molecular complexity index is 810. The van der Waals surface area contributed by atoms with Crippen LogP contribution in [0.4, 0.5) is 0 Å². The monoisotopic (exact) mass is 378 g/mol. The summed E-state index contributed by atoms with van der Waals surface area (Å²) >= 11 is 0. The number of carbonyl (C=O) groups is 1. The average molecular weight is 378 g/mol. The van der Waals surface area contributed by atoms with Crippen LogP contribution in [0.3, 0.4) is 0 Å². The molecule has 2 aliphatic rings. The molecule has 1 amide bonds. The zero-order valence-electron chi connectivity index (χ0n) is 15.4. The van der Waals surface area contributed by atoms with E-state index in [2.05, 4.69) is 0 Å². The summed E-state index contributed by atoms with van der Waals surface area (Å²) in [5.74, 6) is -0.0958. The Morgan fingerprint density at radius 3 is 2.38 bits per heavy atom. The van der Waals surface area contributed by atoms with E-state index < -0.39 is 21.6 Å². The van der Waals surface area contributed by atoms with Crippen LogP contribution in [-0.2, 0) is 14.8 Å². The summed E-state index contributed by atoms with van der Waals surface area (Å²) in [6.07, 6.45) is 5.54. The number of aliphatic hydroxyl groups is 1. The molecule has 7 heteroatoms. The maximum atomic E-state index is 12.4. The smallest absolute Gasteiger partial charge is 0.222 e. The molecule has 2 fully saturated rings. The fourth-order valence-electron chi connectivity index (χ4n) is 4.52. The van der Waals surface area contributed by atoms with Gasteiger partial charge in [-0.05, 0) is 18.1 Å². The molecule has 1 spiro atoms. The minimum Gasteiger partial charge on any atom is -0.395 e. The Morgan fingerprint density at radius 1 is 1.31 bits per heavy atom. The molecule has 2 saturated heterocycles. The first-order valence-corrected chi connectivity index (χ1v) is 10.7. The van der Waals surface area contributed by atoms with Crippen molar-refractivity contribution < 1.29 is 18.3 Å². The number of hydrogen-bond acceptors (Lipinski definition) is 4. The zero-order chi connectivity index (χ0) is 19.1. The molecule has 0 saturated carbocycles. The standard InChI is InChI=1S/C19H26N2O4S/c1-4-6-14-7-9-15(10-8-14)18-16(11-22)21(26(3,24)25)19(18)12-20(13-19)17(23)5-2/h4,6-10,16,18,22H,5,11-13H2,1-3H3/t16-,18-/m1/s1. The Balaban J connectivity index is 1.95. The van der Waals surface area contributed by atoms with Crippen molar-refractivity contribution in [3.05, 3.63) is 41.5 Å². The fraction of sp³-hybridized carbons (Fsp3) is 0.526. The van der Waals surface area contributed by atoms with Gasteiger partial charge in [0.25, 0.3) is 0 Å². The highest BCUT2D eigenvalue weighted by atomic mass is 32.2. The van der Waals surface area contributed by atoms with E-state index in [1.54, 1.807) is 11.8 Å². The number of hydrogen-bond donors (Lipinski definition) is 1. The first-order valence-electron chi connectivity index (χ1n) is 8.89. The van der Waals surface area contributed by atoms with Gasteiger partial charge in [-0.25, -0.2) is 8.42 Å². The summed E-state index contributed by atoms with van der Waals surface area (Å²) in [5, 5.41) is 9.87. The average Bonchev–Trinajstić information content (AvgIpc) is 2.53. The van der Waals surface area contributed by atoms with Crippen LogP contribution in [0, 0.1) is 0 Å². The van der Waals surface area contributed by atoms with Crippen molar-refractivity contribution in [2.45, 2.75) is 37.8 Å². The lowest BCUT2D eigenvalue weighted by Gasteiger charge is -2.69. The number of aliphatic hydroxyl groups excluding tert-OH is 1. The van der Waals surface area contributed by atoms with Crippen molar-refractivity contribution in [2.75, 3.05) is 26.0 Å². The molecule has 142 valence electrons. The van der Waals surface area contributed by atoms with Gasteiger partial charge in [0.2, 0.25) is 15.9 Å². The van der Waals surface area contributed by atoms with Gasteiger partial charge in [-0.2, -0.15) is 4.31 Å². The number of carbonyl (C=O) groups excluding carboxylic acids is 1. The van der Waals surface area contributed by atoms with Crippen molar-refractivity contribution >= 4 is 22.0 Å². The molecule has 0 bridgehead atoms. The van der Waals surface area contributed by atoms with E-state index in [4.69, 9.17) is 0 Å². The second-order valence-corrected chi connectivity index (χ2v) is 9.02. The van der Waals surface area contributed by atoms with Crippen LogP contribution in [-0.4, -0.2) is 66.2 Å². The molecular formula is C19H26N2O4S. The van der Waals surface area contributed by atoms with Crippen LogP contribution in [0.15, 0.2) is 30.3 Å². The van der Waals surface area contributed by atoms with Gasteiger partial charge in [-0.15, -0.1) is 0 Å². The second kappa shape index (κ2) is 6.79. The quantitative estimate of drug-likeness (QED) is 0.841. The number of allylic oxidation sites excluding steroid dienone is 1. The van der Waals surface area contributed by atoms with Gasteiger partial charge in [-0.3, -0.25) is 4.79 Å². The molecule has 1 aromatic carbocycles. The molecular weight excluding hydrogens is 352 g/mol. The summed E-state index contributed by atoms with van der Waals surface area (Å²) in [4.78, 5) is 13.7. The largest absolute Gasteiger partial charge is 0.395 e. The van der Waals surface area contributed by atoms with Crippen LogP contribution in [0.25, 0.3) is 6.08 Å². The summed E-state index contributed by atoms with van der Waals surface area (Å²) in [5.41, 5.74) is 1.43. The molecule has 2 aliphatic heterocycles. The van der Waals surface area contributed by atoms with Crippen LogP contribution < -0.4 is 0 Å². The molecule has 2 atom stereocenters. The summed E-state index contributed by atoms with van der Waals surface area (Å²) in [6.45, 7) is 4.28. The van der Waals surface area contributed by atoms with Crippen molar-refractivity contribution in [1.82, 2.24) is 9.21 Å². The summed E-state index contributed by atoms with van der Waals surface area (Å²) < 4.78 is 26.1. The van der Waals surface area contributed by atoms with Crippen LogP contribution in [0.5, 0.6) is 0 Å². The molecule has 0 unspecified atom stereocenters. The number of rotatable bonds is 5. The van der Waals surface area contributed by atoms with Gasteiger partial charge in [-0.1, -0.05) is 43.3 Å². The molecule has 2 heterocycles. The van der Waals surface area contributed by atoms with Crippen molar-refractivity contribution in [2.24, 2.45) is 0 Å². The van der Waals surface area contributed by atoms with E-state index in [0.29, 0.717) is 19.5 Å². The molecule has 1 aromatic rings. The van der Waals surface area contributed by atoms with Crippen molar-refractivity contribution in [3.8, 4) is 0 Å². The third kappa shape index (κ3) is 2.88. The zero-order valence-corrected chi connectivity index (χ0v) is 16.2. The van der Waals surface area contributed by atoms with Gasteiger partial charge >= 0.3 is 0 Å². The third-order valence-corrected chi connectivity index (χ3v) is 6.84. The van der Waals surface area contributed by atoms with Gasteiger partial charge in [0.1, 0.15) is 0 Å². The fourth-order valence-corrected chi connectivity index (χ4v) is 6.09. The predicted octanol–water partition coefficient (Wildman–Crippen LogP) is 1.43. The molecule has 0 radical (unpaired) electrons. The number of benzene rings is 1. The highest BCUT2D eigenvalue weighted by molar-refractivity contribution is 7.88. The number of sulfonamides is 1. The third-order valence-electron chi connectivity index (χ3n) is 5.49. The molecule has 0 aromatic heterocycles. The maximum Gasteiger partial charge on any atom is 0.222 e. The first-order chi connectivity index (χ1) is 12.3. The highest BCUT2D eigenvalue weighted by Gasteiger charge is 2.69. The van der Waals surface area contributed by atoms with Gasteiger partial charge in [0.05, 0.1) is 24.4 Å². The predicted molar refractivity (Wildman–Crippen MR) is 101 cm³/mol. The van der Waals surface area contributed by atoms with Crippen LogP contribution in [0.1, 0.15) is 37.3 Å². The van der Waals surface area contributed by atoms with E-state index in [9.17, 15) is 18.3 Å². The maximum absolute atomic E-state index is 12.4. The van der Waals surface area contributed by atoms with Gasteiger partial charge in [0, 0.05) is 25.4 Å². The van der Waals surface area contributed by atoms with E-state index in [1.165, 1.54) is 10.6 Å². The Hall–Kier alpha value is -1.70. The SMILES string of the molecule is CC=Cc1ccc([C@@H]2[C@@H](CO)N(S(C)(=O)=O)C23CN(C(=O)CC)C3)cc1. The summed E-state index contributed by atoms with van der Waals surface area (Å²) in [6, 6.07) is 7.49. The van der Waals surface area contributed by atoms with Gasteiger partial charge in [0.15, 0.2) is 0 Å². The minimum absolute atomic E-state index is 0.0266. The first kappa shape index (κ1) is 19.1. The molecule has 0 aliphatic carbocycles. The van der Waals surface area contributed by atoms with E-state index in [0.717, 1.165) is 11.1 Å². The Kier molecular flexibility index (Phi) is 4.98. The van der Waals surface area contributed by atoms with Crippen LogP contribution in [0.2, 0.25) is 0 Å². The highest BCUT2D eigenvalue weighted by Crippen LogP contribution is 2.55. The van der Waals surface area contributed by atoms with E-state index in [-0.39, 0.29) is 18.4 Å². The van der Waals surface area contributed by atoms with Crippen molar-refractivity contribution in [1.29, 1.82) is 0 Å². The van der Waals surface area contributed by atoms with E-state index in [1.807, 2.05) is 43.3 Å². The lowest BCUT2D eigenvalue weighted by Crippen LogP contribution is -2.85. The molecule has 1 N–H and O–H groups in total. The number of amides is 1. The van der Waals surface area contributed by atoms with Crippen LogP contribution >= 0.6 is 0 Å². The summed E-state index contributed by atoms with van der Waals surface area (Å²) in [7, 11) is -3.49. The Labute approximate surface area is 155 Å². The normalized spacial score (nSPS) is 25.3. The Morgan fingerprint density at radius 2 is 1.92 bits per heavy atom.